The summed E-state index contributed by atoms with van der Waals surface area (Å²) in [6, 6.07) is 0. The van der Waals surface area contributed by atoms with Crippen molar-refractivity contribution < 1.29 is 25.2 Å². The lowest BCUT2D eigenvalue weighted by Crippen LogP contribution is -2.31. The number of fused-ring (bicyclic) bond motifs is 2. The maximum Gasteiger partial charge on any atom is 0.264 e. The molecule has 0 aromatic carbocycles. The van der Waals surface area contributed by atoms with E-state index in [1.165, 1.54) is 11.1 Å². The summed E-state index contributed by atoms with van der Waals surface area (Å²) < 4.78 is 55.1. The molecular formula is C14H24O6S2. The van der Waals surface area contributed by atoms with Crippen molar-refractivity contribution in [2.45, 2.75) is 26.7 Å². The molecule has 2 bridgehead atoms. The second kappa shape index (κ2) is 6.22. The van der Waals surface area contributed by atoms with Gasteiger partial charge < -0.3 is 0 Å². The molecule has 4 atom stereocenters. The summed E-state index contributed by atoms with van der Waals surface area (Å²) in [7, 11) is -7.02. The van der Waals surface area contributed by atoms with Gasteiger partial charge >= 0.3 is 0 Å². The first-order chi connectivity index (χ1) is 9.99. The minimum absolute atomic E-state index is 0.0138. The van der Waals surface area contributed by atoms with Crippen LogP contribution in [0.3, 0.4) is 0 Å². The minimum atomic E-state index is -3.51. The summed E-state index contributed by atoms with van der Waals surface area (Å²) >= 11 is 0. The normalized spacial score (nSPS) is 31.7. The van der Waals surface area contributed by atoms with Crippen LogP contribution in [0.2, 0.25) is 0 Å². The SMILES string of the molecule is CC(C)=C1[C@H]2CC[C@@H]1[C@H](COS(C)(=O)=O)[C@@H]2COS(C)(=O)=O. The van der Waals surface area contributed by atoms with Gasteiger partial charge in [-0.3, -0.25) is 8.37 Å². The Morgan fingerprint density at radius 2 is 1.27 bits per heavy atom. The summed E-state index contributed by atoms with van der Waals surface area (Å²) in [5.41, 5.74) is 2.57. The topological polar surface area (TPSA) is 86.7 Å². The maximum atomic E-state index is 11.3. The third-order valence-corrected chi connectivity index (χ3v) is 5.83. The van der Waals surface area contributed by atoms with Crippen molar-refractivity contribution in [1.29, 1.82) is 0 Å². The first-order valence-electron chi connectivity index (χ1n) is 7.35. The summed E-state index contributed by atoms with van der Waals surface area (Å²) in [6.45, 7) is 4.28. The predicted molar refractivity (Wildman–Crippen MR) is 83.2 cm³/mol. The summed E-state index contributed by atoms with van der Waals surface area (Å²) in [5, 5.41) is 0. The molecule has 128 valence electrons. The van der Waals surface area contributed by atoms with Gasteiger partial charge in [-0.25, -0.2) is 0 Å². The van der Waals surface area contributed by atoms with Gasteiger partial charge in [0, 0.05) is 0 Å². The van der Waals surface area contributed by atoms with Gasteiger partial charge in [0.25, 0.3) is 20.2 Å². The van der Waals surface area contributed by atoms with Crippen molar-refractivity contribution in [1.82, 2.24) is 0 Å². The fourth-order valence-corrected chi connectivity index (χ4v) is 4.87. The standard InChI is InChI=1S/C14H24O6S2/c1-9(2)14-10-5-6-11(14)13(8-20-22(4,17)18)12(10)7-19-21(3,15)16/h10-13H,5-8H2,1-4H3/t10-,11+,12+,13-. The molecule has 0 radical (unpaired) electrons. The summed E-state index contributed by atoms with van der Waals surface area (Å²) in [4.78, 5) is 0. The van der Waals surface area contributed by atoms with E-state index in [0.29, 0.717) is 0 Å². The Labute approximate surface area is 133 Å². The fourth-order valence-electron chi connectivity index (χ4n) is 4.06. The zero-order chi connectivity index (χ0) is 16.7. The molecule has 2 fully saturated rings. The van der Waals surface area contributed by atoms with E-state index in [0.717, 1.165) is 25.4 Å². The highest BCUT2D eigenvalue weighted by Crippen LogP contribution is 2.57. The first kappa shape index (κ1) is 17.9. The van der Waals surface area contributed by atoms with E-state index >= 15 is 0 Å². The fraction of sp³-hybridized carbons (Fsp3) is 0.857. The molecule has 0 saturated heterocycles. The number of hydrogen-bond acceptors (Lipinski definition) is 6. The van der Waals surface area contributed by atoms with Crippen molar-refractivity contribution in [2.24, 2.45) is 23.7 Å². The lowest BCUT2D eigenvalue weighted by molar-refractivity contribution is 0.102. The Hall–Kier alpha value is -0.440. The Morgan fingerprint density at radius 3 is 1.55 bits per heavy atom. The van der Waals surface area contributed by atoms with Crippen LogP contribution in [0, 0.1) is 23.7 Å². The third-order valence-electron chi connectivity index (χ3n) is 4.70. The molecule has 0 aromatic rings. The molecule has 2 aliphatic rings. The van der Waals surface area contributed by atoms with Gasteiger partial charge in [0.2, 0.25) is 0 Å². The van der Waals surface area contributed by atoms with Gasteiger partial charge in [0.1, 0.15) is 0 Å². The van der Waals surface area contributed by atoms with Gasteiger partial charge in [-0.2, -0.15) is 16.8 Å². The molecule has 8 heteroatoms. The van der Waals surface area contributed by atoms with E-state index in [4.69, 9.17) is 8.37 Å². The van der Waals surface area contributed by atoms with Crippen LogP contribution in [0.25, 0.3) is 0 Å². The Kier molecular flexibility index (Phi) is 5.06. The van der Waals surface area contributed by atoms with Crippen molar-refractivity contribution >= 4 is 20.2 Å². The molecule has 0 aromatic heterocycles. The van der Waals surface area contributed by atoms with Crippen molar-refractivity contribution in [3.63, 3.8) is 0 Å². The average molecular weight is 352 g/mol. The van der Waals surface area contributed by atoms with E-state index in [1.807, 2.05) is 0 Å². The lowest BCUT2D eigenvalue weighted by Gasteiger charge is -2.29. The van der Waals surface area contributed by atoms with Crippen LogP contribution in [-0.2, 0) is 28.6 Å². The second-order valence-corrected chi connectivity index (χ2v) is 9.84. The molecule has 0 heterocycles. The van der Waals surface area contributed by atoms with E-state index < -0.39 is 20.2 Å². The van der Waals surface area contributed by atoms with Gasteiger partial charge in [-0.15, -0.1) is 0 Å². The predicted octanol–water partition coefficient (Wildman–Crippen LogP) is 1.55. The van der Waals surface area contributed by atoms with Gasteiger partial charge in [0.15, 0.2) is 0 Å². The van der Waals surface area contributed by atoms with Crippen molar-refractivity contribution in [3.05, 3.63) is 11.1 Å². The van der Waals surface area contributed by atoms with Gasteiger partial charge in [-0.1, -0.05) is 11.1 Å². The van der Waals surface area contributed by atoms with Crippen molar-refractivity contribution in [2.75, 3.05) is 25.7 Å². The van der Waals surface area contributed by atoms with Crippen LogP contribution in [0.5, 0.6) is 0 Å². The molecule has 0 spiro atoms. The molecule has 0 N–H and O–H groups in total. The molecule has 0 unspecified atom stereocenters. The number of rotatable bonds is 6. The maximum absolute atomic E-state index is 11.3. The van der Waals surface area contributed by atoms with Crippen molar-refractivity contribution in [3.8, 4) is 0 Å². The molecular weight excluding hydrogens is 328 g/mol. The molecule has 2 rings (SSSR count). The van der Waals surface area contributed by atoms with Gasteiger partial charge in [-0.05, 0) is 50.4 Å². The molecule has 2 saturated carbocycles. The van der Waals surface area contributed by atoms with E-state index in [-0.39, 0.29) is 36.9 Å². The molecule has 2 aliphatic carbocycles. The quantitative estimate of drug-likeness (QED) is 0.532. The second-order valence-electron chi connectivity index (χ2n) is 6.55. The van der Waals surface area contributed by atoms with Gasteiger partial charge in [0.05, 0.1) is 25.7 Å². The summed E-state index contributed by atoms with van der Waals surface area (Å²) in [5.74, 6) is 0.509. The molecule has 22 heavy (non-hydrogen) atoms. The number of hydrogen-bond donors (Lipinski definition) is 0. The molecule has 6 nitrogen and oxygen atoms in total. The molecule has 0 aliphatic heterocycles. The minimum Gasteiger partial charge on any atom is -0.270 e. The van der Waals surface area contributed by atoms with Crippen LogP contribution >= 0.6 is 0 Å². The van der Waals surface area contributed by atoms with E-state index in [9.17, 15) is 16.8 Å². The van der Waals surface area contributed by atoms with E-state index in [1.54, 1.807) is 0 Å². The monoisotopic (exact) mass is 352 g/mol. The smallest absolute Gasteiger partial charge is 0.264 e. The zero-order valence-electron chi connectivity index (χ0n) is 13.4. The Bertz CT molecular complexity index is 605. The van der Waals surface area contributed by atoms with Crippen LogP contribution in [0.4, 0.5) is 0 Å². The first-order valence-corrected chi connectivity index (χ1v) is 11.0. The largest absolute Gasteiger partial charge is 0.270 e. The summed E-state index contributed by atoms with van der Waals surface area (Å²) in [6.07, 6.45) is 4.06. The highest BCUT2D eigenvalue weighted by molar-refractivity contribution is 7.86. The molecule has 0 amide bonds. The number of allylic oxidation sites excluding steroid dienone is 2. The van der Waals surface area contributed by atoms with Crippen LogP contribution in [0.1, 0.15) is 26.7 Å². The van der Waals surface area contributed by atoms with Crippen LogP contribution in [0.15, 0.2) is 11.1 Å². The average Bonchev–Trinajstić information content (AvgIpc) is 2.87. The lowest BCUT2D eigenvalue weighted by atomic mass is 9.80. The highest BCUT2D eigenvalue weighted by Gasteiger charge is 2.51. The third kappa shape index (κ3) is 4.10. The Morgan fingerprint density at radius 1 is 0.909 bits per heavy atom. The Balaban J connectivity index is 2.21. The highest BCUT2D eigenvalue weighted by atomic mass is 32.2. The van der Waals surface area contributed by atoms with Crippen LogP contribution < -0.4 is 0 Å². The zero-order valence-corrected chi connectivity index (χ0v) is 15.0. The van der Waals surface area contributed by atoms with Crippen LogP contribution in [-0.4, -0.2) is 42.6 Å². The van der Waals surface area contributed by atoms with E-state index in [2.05, 4.69) is 13.8 Å².